The topological polar surface area (TPSA) is 126 Å². The van der Waals surface area contributed by atoms with Crippen LogP contribution in [0.5, 0.6) is 0 Å². The highest BCUT2D eigenvalue weighted by Crippen LogP contribution is 2.32. The number of rotatable bonds is 5. The van der Waals surface area contributed by atoms with Gasteiger partial charge in [-0.1, -0.05) is 23.7 Å². The molecule has 0 radical (unpaired) electrons. The van der Waals surface area contributed by atoms with Crippen LogP contribution in [0.3, 0.4) is 0 Å². The van der Waals surface area contributed by atoms with Gasteiger partial charge in [-0.15, -0.1) is 0 Å². The van der Waals surface area contributed by atoms with Gasteiger partial charge in [0.15, 0.2) is 5.54 Å². The molecule has 1 aliphatic rings. The van der Waals surface area contributed by atoms with E-state index in [1.165, 1.54) is 31.3 Å². The predicted octanol–water partition coefficient (Wildman–Crippen LogP) is 2.04. The normalized spacial score (nSPS) is 18.1. The maximum absolute atomic E-state index is 12.9. The van der Waals surface area contributed by atoms with Crippen molar-refractivity contribution in [3.63, 3.8) is 0 Å². The number of carbonyl (C=O) groups is 3. The van der Waals surface area contributed by atoms with Crippen molar-refractivity contribution in [1.29, 1.82) is 0 Å². The first-order valence-electron chi connectivity index (χ1n) is 9.11. The van der Waals surface area contributed by atoms with E-state index >= 15 is 0 Å². The van der Waals surface area contributed by atoms with Crippen molar-refractivity contribution < 1.29 is 27.6 Å². The van der Waals surface area contributed by atoms with E-state index in [9.17, 15) is 27.6 Å². The third-order valence-electron chi connectivity index (χ3n) is 4.86. The van der Waals surface area contributed by atoms with Crippen LogP contribution in [0, 0.1) is 0 Å². The molecular formula is C20H17ClF3N5O3. The Morgan fingerprint density at radius 1 is 1.12 bits per heavy atom. The van der Waals surface area contributed by atoms with E-state index in [4.69, 9.17) is 17.3 Å². The highest BCUT2D eigenvalue weighted by molar-refractivity contribution is 6.47. The van der Waals surface area contributed by atoms with Gasteiger partial charge in [0, 0.05) is 12.7 Å². The Morgan fingerprint density at radius 3 is 2.34 bits per heavy atom. The molecule has 1 heterocycles. The van der Waals surface area contributed by atoms with E-state index in [0.717, 1.165) is 12.1 Å². The van der Waals surface area contributed by atoms with Crippen molar-refractivity contribution in [1.82, 2.24) is 10.6 Å². The summed E-state index contributed by atoms with van der Waals surface area (Å²) < 4.78 is 38.8. The monoisotopic (exact) mass is 467 g/mol. The van der Waals surface area contributed by atoms with E-state index in [1.54, 1.807) is 0 Å². The maximum atomic E-state index is 12.9. The lowest BCUT2D eigenvalue weighted by molar-refractivity contribution is -0.137. The van der Waals surface area contributed by atoms with Crippen LogP contribution in [0.2, 0.25) is 5.02 Å². The summed E-state index contributed by atoms with van der Waals surface area (Å²) in [6.45, 7) is -0.0156. The van der Waals surface area contributed by atoms with Crippen LogP contribution >= 0.6 is 11.6 Å². The number of primary amides is 1. The molecule has 0 bridgehead atoms. The second-order valence-corrected chi connectivity index (χ2v) is 7.17. The Morgan fingerprint density at radius 2 is 1.78 bits per heavy atom. The van der Waals surface area contributed by atoms with Gasteiger partial charge in [0.2, 0.25) is 5.91 Å². The molecule has 0 fully saturated rings. The van der Waals surface area contributed by atoms with E-state index in [0.29, 0.717) is 11.6 Å². The zero-order valence-corrected chi connectivity index (χ0v) is 17.3. The lowest BCUT2D eigenvalue weighted by Gasteiger charge is -2.27. The second kappa shape index (κ2) is 8.60. The van der Waals surface area contributed by atoms with E-state index in [-0.39, 0.29) is 28.7 Å². The second-order valence-electron chi connectivity index (χ2n) is 6.76. The largest absolute Gasteiger partial charge is 0.416 e. The number of hydrogen-bond acceptors (Lipinski definition) is 5. The molecule has 0 aromatic heterocycles. The number of alkyl halides is 3. The number of hydrogen-bond donors (Lipinski definition) is 4. The molecule has 168 valence electrons. The Hall–Kier alpha value is -3.44. The first kappa shape index (κ1) is 23.2. The highest BCUT2D eigenvalue weighted by Gasteiger charge is 2.49. The zero-order valence-electron chi connectivity index (χ0n) is 16.5. The van der Waals surface area contributed by atoms with Crippen LogP contribution < -0.4 is 21.7 Å². The van der Waals surface area contributed by atoms with Gasteiger partial charge in [-0.25, -0.2) is 0 Å². The van der Waals surface area contributed by atoms with Gasteiger partial charge < -0.3 is 16.4 Å². The number of nitrogens with two attached hydrogens (primary N) is 1. The molecule has 0 spiro atoms. The summed E-state index contributed by atoms with van der Waals surface area (Å²) in [5.74, 6) is -2.31. The first-order chi connectivity index (χ1) is 15.0. The molecule has 2 aromatic carbocycles. The van der Waals surface area contributed by atoms with Crippen molar-refractivity contribution in [3.8, 4) is 0 Å². The van der Waals surface area contributed by atoms with Crippen LogP contribution in [0.4, 0.5) is 18.9 Å². The van der Waals surface area contributed by atoms with E-state index in [1.807, 2.05) is 0 Å². The summed E-state index contributed by atoms with van der Waals surface area (Å²) in [6, 6.07) is 8.10. The van der Waals surface area contributed by atoms with Gasteiger partial charge in [-0.05, 0) is 35.9 Å². The molecule has 8 nitrogen and oxygen atoms in total. The molecule has 0 saturated carbocycles. The molecule has 1 unspecified atom stereocenters. The van der Waals surface area contributed by atoms with Gasteiger partial charge in [0.1, 0.15) is 5.71 Å². The lowest BCUT2D eigenvalue weighted by atomic mass is 9.84. The minimum absolute atomic E-state index is 0.0156. The fourth-order valence-electron chi connectivity index (χ4n) is 3.26. The standard InChI is InChI=1S/C20H17ClF3N5O3/c1-26-17(31)15-19(18(25)32,28-9-27-15)10-2-5-12(6-3-10)29-16(30)13-8-11(20(22,23)24)4-7-14(13)21/h2-8,28H,9H2,1H3,(H2,25,32)(H,26,31)(H,29,30). The van der Waals surface area contributed by atoms with Gasteiger partial charge in [-0.2, -0.15) is 13.2 Å². The van der Waals surface area contributed by atoms with Crippen molar-refractivity contribution in [2.75, 3.05) is 19.0 Å². The van der Waals surface area contributed by atoms with Gasteiger partial charge in [-0.3, -0.25) is 24.7 Å². The molecule has 5 N–H and O–H groups in total. The Bertz CT molecular complexity index is 1120. The van der Waals surface area contributed by atoms with Gasteiger partial charge >= 0.3 is 6.18 Å². The quantitative estimate of drug-likeness (QED) is 0.537. The molecule has 32 heavy (non-hydrogen) atoms. The number of nitrogens with zero attached hydrogens (tertiary/aromatic N) is 1. The third kappa shape index (κ3) is 4.16. The molecular weight excluding hydrogens is 451 g/mol. The van der Waals surface area contributed by atoms with E-state index < -0.39 is 35.0 Å². The number of aliphatic imine (C=N–C) groups is 1. The molecule has 12 heteroatoms. The zero-order chi connectivity index (χ0) is 23.7. The Kier molecular flexibility index (Phi) is 6.24. The molecule has 1 atom stereocenters. The summed E-state index contributed by atoms with van der Waals surface area (Å²) in [4.78, 5) is 41.0. The van der Waals surface area contributed by atoms with Crippen LogP contribution in [0.25, 0.3) is 0 Å². The average molecular weight is 468 g/mol. The predicted molar refractivity (Wildman–Crippen MR) is 111 cm³/mol. The van der Waals surface area contributed by atoms with Crippen molar-refractivity contribution >= 4 is 40.7 Å². The van der Waals surface area contributed by atoms with Crippen LogP contribution in [0.15, 0.2) is 47.5 Å². The summed E-state index contributed by atoms with van der Waals surface area (Å²) >= 11 is 5.89. The molecule has 0 aliphatic carbocycles. The van der Waals surface area contributed by atoms with Crippen molar-refractivity contribution in [2.24, 2.45) is 10.7 Å². The molecule has 0 saturated heterocycles. The smallest absolute Gasteiger partial charge is 0.367 e. The fourth-order valence-corrected chi connectivity index (χ4v) is 3.47. The third-order valence-corrected chi connectivity index (χ3v) is 5.19. The van der Waals surface area contributed by atoms with Crippen LogP contribution in [-0.2, 0) is 21.3 Å². The minimum atomic E-state index is -4.64. The van der Waals surface area contributed by atoms with Crippen molar-refractivity contribution in [3.05, 3.63) is 64.2 Å². The Balaban J connectivity index is 1.88. The Labute approximate surface area is 185 Å². The summed E-state index contributed by atoms with van der Waals surface area (Å²) in [5.41, 5.74) is 2.92. The SMILES string of the molecule is CNC(=O)C1=NCNC1(C(N)=O)c1ccc(NC(=O)c2cc(C(F)(F)F)ccc2Cl)cc1. The molecule has 2 aromatic rings. The average Bonchev–Trinajstić information content (AvgIpc) is 3.19. The summed E-state index contributed by atoms with van der Waals surface area (Å²) in [5, 5.41) is 7.50. The van der Waals surface area contributed by atoms with Crippen LogP contribution in [-0.4, -0.2) is 37.1 Å². The van der Waals surface area contributed by atoms with Crippen molar-refractivity contribution in [2.45, 2.75) is 11.7 Å². The minimum Gasteiger partial charge on any atom is -0.367 e. The number of anilines is 1. The molecule has 3 amide bonds. The maximum Gasteiger partial charge on any atom is 0.416 e. The molecule has 3 rings (SSSR count). The number of carbonyl (C=O) groups excluding carboxylic acids is 3. The first-order valence-corrected chi connectivity index (χ1v) is 9.49. The van der Waals surface area contributed by atoms with Gasteiger partial charge in [0.05, 0.1) is 22.8 Å². The van der Waals surface area contributed by atoms with E-state index in [2.05, 4.69) is 20.9 Å². The van der Waals surface area contributed by atoms with Crippen LogP contribution in [0.1, 0.15) is 21.5 Å². The fraction of sp³-hybridized carbons (Fsp3) is 0.200. The number of halogens is 4. The number of nitrogens with one attached hydrogen (secondary N) is 3. The lowest BCUT2D eigenvalue weighted by Crippen LogP contribution is -2.58. The summed E-state index contributed by atoms with van der Waals surface area (Å²) in [7, 11) is 1.38. The molecule has 1 aliphatic heterocycles. The number of benzene rings is 2. The van der Waals surface area contributed by atoms with Gasteiger partial charge in [0.25, 0.3) is 11.8 Å². The highest BCUT2D eigenvalue weighted by atomic mass is 35.5. The number of amides is 3. The summed E-state index contributed by atoms with van der Waals surface area (Å²) in [6.07, 6.45) is -4.64.